The summed E-state index contributed by atoms with van der Waals surface area (Å²) in [5.74, 6) is 0. The zero-order valence-electron chi connectivity index (χ0n) is 13.2. The van der Waals surface area contributed by atoms with Gasteiger partial charge in [-0.2, -0.15) is 13.2 Å². The molecule has 3 heterocycles. The smallest absolute Gasteiger partial charge is 0.359 e. The average Bonchev–Trinajstić information content (AvgIpc) is 2.92. The highest BCUT2D eigenvalue weighted by atomic mass is 19.4. The number of ether oxygens (including phenoxy) is 1. The molecule has 1 unspecified atom stereocenters. The van der Waals surface area contributed by atoms with Crippen LogP contribution in [-0.4, -0.2) is 51.3 Å². The Kier molecular flexibility index (Phi) is 3.90. The lowest BCUT2D eigenvalue weighted by Gasteiger charge is -2.43. The molecule has 0 saturated carbocycles. The number of urea groups is 1. The van der Waals surface area contributed by atoms with E-state index in [-0.39, 0.29) is 6.54 Å². The van der Waals surface area contributed by atoms with Crippen LogP contribution in [0.5, 0.6) is 0 Å². The minimum Gasteiger partial charge on any atom is -0.359 e. The minimum absolute atomic E-state index is 0.0665. The van der Waals surface area contributed by atoms with E-state index < -0.39 is 30.5 Å². The fourth-order valence-corrected chi connectivity index (χ4v) is 2.70. The lowest BCUT2D eigenvalue weighted by atomic mass is 10.1. The highest BCUT2D eigenvalue weighted by Gasteiger charge is 2.49. The van der Waals surface area contributed by atoms with Crippen LogP contribution in [0.15, 0.2) is 30.7 Å². The Morgan fingerprint density at radius 2 is 2.17 bits per heavy atom. The third-order valence-electron chi connectivity index (χ3n) is 3.72. The molecule has 2 aromatic rings. The SMILES string of the molecule is CC1(C)CN(C(=O)Nc2ccn3ccnc3c2)CC(C(F)(F)F)O1. The molecule has 9 heteroatoms. The number of fused-ring (bicyclic) bond motifs is 1. The number of aromatic nitrogens is 2. The molecule has 0 radical (unpaired) electrons. The van der Waals surface area contributed by atoms with Crippen LogP contribution in [0.3, 0.4) is 0 Å². The summed E-state index contributed by atoms with van der Waals surface area (Å²) in [5, 5.41) is 2.61. The van der Waals surface area contributed by atoms with Gasteiger partial charge in [-0.05, 0) is 19.9 Å². The van der Waals surface area contributed by atoms with Crippen molar-refractivity contribution in [2.45, 2.75) is 31.7 Å². The van der Waals surface area contributed by atoms with E-state index >= 15 is 0 Å². The van der Waals surface area contributed by atoms with Gasteiger partial charge in [-0.25, -0.2) is 9.78 Å². The monoisotopic (exact) mass is 342 g/mol. The number of rotatable bonds is 1. The van der Waals surface area contributed by atoms with Gasteiger partial charge in [0.05, 0.1) is 18.7 Å². The second-order valence-corrected chi connectivity index (χ2v) is 6.33. The molecule has 3 rings (SSSR count). The van der Waals surface area contributed by atoms with Crippen molar-refractivity contribution in [3.63, 3.8) is 0 Å². The largest absolute Gasteiger partial charge is 0.416 e. The second kappa shape index (κ2) is 5.66. The predicted molar refractivity (Wildman–Crippen MR) is 80.8 cm³/mol. The van der Waals surface area contributed by atoms with Crippen LogP contribution < -0.4 is 5.32 Å². The first kappa shape index (κ1) is 16.6. The molecule has 1 fully saturated rings. The number of amides is 2. The van der Waals surface area contributed by atoms with Gasteiger partial charge in [-0.3, -0.25) is 0 Å². The quantitative estimate of drug-likeness (QED) is 0.867. The first-order chi connectivity index (χ1) is 11.1. The van der Waals surface area contributed by atoms with E-state index in [9.17, 15) is 18.0 Å². The Morgan fingerprint density at radius 1 is 1.42 bits per heavy atom. The second-order valence-electron chi connectivity index (χ2n) is 6.33. The molecule has 0 bridgehead atoms. The number of pyridine rings is 1. The number of alkyl halides is 3. The third kappa shape index (κ3) is 3.45. The van der Waals surface area contributed by atoms with Crippen LogP contribution in [0.25, 0.3) is 5.65 Å². The normalized spacial score (nSPS) is 21.0. The molecule has 0 aliphatic carbocycles. The van der Waals surface area contributed by atoms with Crippen LogP contribution in [0, 0.1) is 0 Å². The molecule has 1 saturated heterocycles. The van der Waals surface area contributed by atoms with Gasteiger partial charge in [-0.15, -0.1) is 0 Å². The van der Waals surface area contributed by atoms with Crippen LogP contribution in [0.4, 0.5) is 23.7 Å². The fraction of sp³-hybridized carbons (Fsp3) is 0.467. The van der Waals surface area contributed by atoms with Crippen molar-refractivity contribution in [3.05, 3.63) is 30.7 Å². The number of imidazole rings is 1. The molecule has 24 heavy (non-hydrogen) atoms. The number of hydrogen-bond acceptors (Lipinski definition) is 3. The first-order valence-electron chi connectivity index (χ1n) is 7.37. The highest BCUT2D eigenvalue weighted by molar-refractivity contribution is 5.90. The molecule has 0 aromatic carbocycles. The van der Waals surface area contributed by atoms with Crippen LogP contribution in [-0.2, 0) is 4.74 Å². The highest BCUT2D eigenvalue weighted by Crippen LogP contribution is 2.32. The summed E-state index contributed by atoms with van der Waals surface area (Å²) >= 11 is 0. The van der Waals surface area contributed by atoms with E-state index in [1.807, 2.05) is 0 Å². The summed E-state index contributed by atoms with van der Waals surface area (Å²) in [6.45, 7) is 2.59. The fourth-order valence-electron chi connectivity index (χ4n) is 2.70. The number of nitrogens with zero attached hydrogens (tertiary/aromatic N) is 3. The number of morpholine rings is 1. The van der Waals surface area contributed by atoms with E-state index in [2.05, 4.69) is 10.3 Å². The third-order valence-corrected chi connectivity index (χ3v) is 3.72. The van der Waals surface area contributed by atoms with E-state index in [0.29, 0.717) is 11.3 Å². The molecule has 1 aliphatic heterocycles. The molecular weight excluding hydrogens is 325 g/mol. The minimum atomic E-state index is -4.52. The number of anilines is 1. The van der Waals surface area contributed by atoms with Gasteiger partial charge in [0.25, 0.3) is 0 Å². The van der Waals surface area contributed by atoms with Crippen molar-refractivity contribution < 1.29 is 22.7 Å². The maximum Gasteiger partial charge on any atom is 0.416 e. The topological polar surface area (TPSA) is 58.9 Å². The summed E-state index contributed by atoms with van der Waals surface area (Å²) in [6, 6.07) is 2.70. The summed E-state index contributed by atoms with van der Waals surface area (Å²) in [4.78, 5) is 17.6. The van der Waals surface area contributed by atoms with Crippen LogP contribution in [0.2, 0.25) is 0 Å². The van der Waals surface area contributed by atoms with Gasteiger partial charge in [-0.1, -0.05) is 0 Å². The average molecular weight is 342 g/mol. The Labute approximate surface area is 136 Å². The summed E-state index contributed by atoms with van der Waals surface area (Å²) < 4.78 is 45.8. The number of nitrogens with one attached hydrogen (secondary N) is 1. The molecule has 130 valence electrons. The van der Waals surface area contributed by atoms with Gasteiger partial charge in [0.15, 0.2) is 6.10 Å². The number of hydrogen-bond donors (Lipinski definition) is 1. The van der Waals surface area contributed by atoms with Gasteiger partial charge in [0.2, 0.25) is 0 Å². The zero-order chi connectivity index (χ0) is 17.5. The molecular formula is C15H17F3N4O2. The summed E-state index contributed by atoms with van der Waals surface area (Å²) in [5.41, 5.74) is 0.0119. The zero-order valence-corrected chi connectivity index (χ0v) is 13.2. The Bertz CT molecular complexity index is 757. The standard InChI is InChI=1S/C15H17F3N4O2/c1-14(2)9-22(8-11(24-14)15(16,17)18)13(23)20-10-3-5-21-6-4-19-12(21)7-10/h3-7,11H,8-9H2,1-2H3,(H,20,23). The van der Waals surface area contributed by atoms with Crippen molar-refractivity contribution in [2.24, 2.45) is 0 Å². The maximum atomic E-state index is 13.0. The molecule has 0 spiro atoms. The van der Waals surface area contributed by atoms with Gasteiger partial charge >= 0.3 is 12.2 Å². The molecule has 2 amide bonds. The Hall–Kier alpha value is -2.29. The lowest BCUT2D eigenvalue weighted by molar-refractivity contribution is -0.267. The van der Waals surface area contributed by atoms with Gasteiger partial charge < -0.3 is 19.4 Å². The number of carbonyl (C=O) groups excluding carboxylic acids is 1. The van der Waals surface area contributed by atoms with Crippen molar-refractivity contribution in [1.82, 2.24) is 14.3 Å². The van der Waals surface area contributed by atoms with E-state index in [0.717, 1.165) is 4.90 Å². The maximum absolute atomic E-state index is 13.0. The summed E-state index contributed by atoms with van der Waals surface area (Å²) in [7, 11) is 0. The molecule has 1 aliphatic rings. The molecule has 1 N–H and O–H groups in total. The number of carbonyl (C=O) groups is 1. The van der Waals surface area contributed by atoms with Crippen LogP contribution in [0.1, 0.15) is 13.8 Å². The number of halogens is 3. The van der Waals surface area contributed by atoms with Gasteiger partial charge in [0.1, 0.15) is 5.65 Å². The molecule has 1 atom stereocenters. The van der Waals surface area contributed by atoms with Gasteiger partial charge in [0, 0.05) is 30.3 Å². The van der Waals surface area contributed by atoms with Crippen molar-refractivity contribution >= 4 is 17.4 Å². The van der Waals surface area contributed by atoms with E-state index in [1.54, 1.807) is 35.1 Å². The van der Waals surface area contributed by atoms with Crippen LogP contribution >= 0.6 is 0 Å². The molecule has 2 aromatic heterocycles. The van der Waals surface area contributed by atoms with E-state index in [1.165, 1.54) is 13.8 Å². The van der Waals surface area contributed by atoms with E-state index in [4.69, 9.17) is 4.74 Å². The lowest BCUT2D eigenvalue weighted by Crippen LogP contribution is -2.59. The van der Waals surface area contributed by atoms with Crippen molar-refractivity contribution in [3.8, 4) is 0 Å². The molecule has 6 nitrogen and oxygen atoms in total. The first-order valence-corrected chi connectivity index (χ1v) is 7.37. The summed E-state index contributed by atoms with van der Waals surface area (Å²) in [6.07, 6.45) is -1.45. The Balaban J connectivity index is 1.75. The van der Waals surface area contributed by atoms with Crippen molar-refractivity contribution in [2.75, 3.05) is 18.4 Å². The predicted octanol–water partition coefficient (Wildman–Crippen LogP) is 2.91. The van der Waals surface area contributed by atoms with Crippen molar-refractivity contribution in [1.29, 1.82) is 0 Å². The Morgan fingerprint density at radius 3 is 2.88 bits per heavy atom.